The molecule has 4 rings (SSSR count). The van der Waals surface area contributed by atoms with Gasteiger partial charge in [0.15, 0.2) is 5.78 Å². The second kappa shape index (κ2) is 7.76. The van der Waals surface area contributed by atoms with Gasteiger partial charge in [0.25, 0.3) is 0 Å². The van der Waals surface area contributed by atoms with Crippen LogP contribution in [0.1, 0.15) is 54.6 Å². The number of amides is 2. The van der Waals surface area contributed by atoms with E-state index in [0.717, 1.165) is 35.1 Å². The maximum Gasteiger partial charge on any atom is 0.317 e. The molecule has 0 spiro atoms. The standard InChI is InChI=1S/C22H29BrN4O2/c1-5-27(6-2)22(29)24-14-9-15-16-7-13(12(3)28)8-18-20(16)17(21(23)25-18)10-19(15)26(4)11-14/h7-8,14-15,19,25H,5-6,9-11H2,1-4H3,(H,24,29)/t14-,15+,19+/m0/s1. The number of fused-ring (bicyclic) bond motifs is 2. The molecule has 2 aliphatic rings. The number of aromatic nitrogens is 1. The zero-order valence-electron chi connectivity index (χ0n) is 17.5. The number of carbonyl (C=O) groups excluding carboxylic acids is 2. The van der Waals surface area contributed by atoms with Crippen molar-refractivity contribution in [2.75, 3.05) is 26.7 Å². The molecule has 1 aromatic carbocycles. The number of likely N-dealkylation sites (N-methyl/N-ethyl adjacent to an activating group) is 1. The minimum absolute atomic E-state index is 0.00960. The molecule has 1 aliphatic carbocycles. The van der Waals surface area contributed by atoms with Crippen LogP contribution in [0.3, 0.4) is 0 Å². The lowest BCUT2D eigenvalue weighted by molar-refractivity contribution is 0.101. The van der Waals surface area contributed by atoms with E-state index in [4.69, 9.17) is 0 Å². The summed E-state index contributed by atoms with van der Waals surface area (Å²) in [5.41, 5.74) is 4.29. The fraction of sp³-hybridized carbons (Fsp3) is 0.545. The average molecular weight is 461 g/mol. The first-order chi connectivity index (χ1) is 13.8. The molecule has 2 aromatic rings. The third-order valence-electron chi connectivity index (χ3n) is 6.65. The summed E-state index contributed by atoms with van der Waals surface area (Å²) >= 11 is 3.69. The summed E-state index contributed by atoms with van der Waals surface area (Å²) in [4.78, 5) is 32.4. The molecule has 3 atom stereocenters. The van der Waals surface area contributed by atoms with Crippen molar-refractivity contribution in [2.24, 2.45) is 0 Å². The second-order valence-corrected chi connectivity index (χ2v) is 9.13. The number of Topliss-reactive ketones (excluding diaryl/α,β-unsaturated/α-hetero) is 1. The summed E-state index contributed by atoms with van der Waals surface area (Å²) in [5.74, 6) is 0.362. The van der Waals surface area contributed by atoms with Crippen molar-refractivity contribution in [3.8, 4) is 0 Å². The number of piperidine rings is 1. The van der Waals surface area contributed by atoms with E-state index in [1.54, 1.807) is 6.92 Å². The summed E-state index contributed by atoms with van der Waals surface area (Å²) < 4.78 is 1.01. The van der Waals surface area contributed by atoms with E-state index in [9.17, 15) is 9.59 Å². The number of nitrogens with zero attached hydrogens (tertiary/aromatic N) is 2. The van der Waals surface area contributed by atoms with Gasteiger partial charge in [-0.05, 0) is 79.9 Å². The van der Waals surface area contributed by atoms with E-state index < -0.39 is 0 Å². The molecule has 2 N–H and O–H groups in total. The normalized spacial score (nSPS) is 23.7. The van der Waals surface area contributed by atoms with Crippen molar-refractivity contribution in [1.82, 2.24) is 20.1 Å². The Morgan fingerprint density at radius 3 is 2.69 bits per heavy atom. The van der Waals surface area contributed by atoms with E-state index >= 15 is 0 Å². The molecule has 1 aromatic heterocycles. The summed E-state index contributed by atoms with van der Waals surface area (Å²) in [6.07, 6.45) is 1.85. The predicted octanol–water partition coefficient (Wildman–Crippen LogP) is 3.90. The number of aromatic amines is 1. The number of benzene rings is 1. The third-order valence-corrected chi connectivity index (χ3v) is 7.33. The highest BCUT2D eigenvalue weighted by Gasteiger charge is 2.41. The van der Waals surface area contributed by atoms with Crippen LogP contribution >= 0.6 is 15.9 Å². The number of rotatable bonds is 4. The van der Waals surface area contributed by atoms with Crippen molar-refractivity contribution in [3.05, 3.63) is 33.4 Å². The van der Waals surface area contributed by atoms with E-state index in [2.05, 4.69) is 44.2 Å². The Labute approximate surface area is 180 Å². The lowest BCUT2D eigenvalue weighted by atomic mass is 9.73. The van der Waals surface area contributed by atoms with Gasteiger partial charge in [-0.15, -0.1) is 0 Å². The highest BCUT2D eigenvalue weighted by atomic mass is 79.9. The Morgan fingerprint density at radius 2 is 2.03 bits per heavy atom. The van der Waals surface area contributed by atoms with Crippen molar-refractivity contribution in [2.45, 2.75) is 51.6 Å². The fourth-order valence-electron chi connectivity index (χ4n) is 5.14. The van der Waals surface area contributed by atoms with Gasteiger partial charge in [-0.25, -0.2) is 4.79 Å². The Balaban J connectivity index is 1.71. The van der Waals surface area contributed by atoms with Gasteiger partial charge in [0.1, 0.15) is 0 Å². The highest BCUT2D eigenvalue weighted by molar-refractivity contribution is 9.10. The van der Waals surface area contributed by atoms with Crippen LogP contribution in [0.15, 0.2) is 16.7 Å². The molecule has 0 saturated carbocycles. The summed E-state index contributed by atoms with van der Waals surface area (Å²) in [7, 11) is 2.14. The molecule has 29 heavy (non-hydrogen) atoms. The van der Waals surface area contributed by atoms with Crippen LogP contribution in [0.5, 0.6) is 0 Å². The second-order valence-electron chi connectivity index (χ2n) is 8.33. The number of ketones is 1. The molecule has 2 heterocycles. The van der Waals surface area contributed by atoms with Crippen molar-refractivity contribution in [1.29, 1.82) is 0 Å². The minimum Gasteiger partial charge on any atom is -0.349 e. The first-order valence-electron chi connectivity index (χ1n) is 10.4. The Kier molecular flexibility index (Phi) is 5.46. The van der Waals surface area contributed by atoms with Crippen LogP contribution in [0.4, 0.5) is 4.79 Å². The van der Waals surface area contributed by atoms with E-state index in [-0.39, 0.29) is 23.8 Å². The maximum absolute atomic E-state index is 12.6. The van der Waals surface area contributed by atoms with E-state index in [0.29, 0.717) is 19.1 Å². The number of hydrogen-bond acceptors (Lipinski definition) is 3. The topological polar surface area (TPSA) is 68.4 Å². The Morgan fingerprint density at radius 1 is 1.31 bits per heavy atom. The van der Waals surface area contributed by atoms with Crippen LogP contribution in [0.2, 0.25) is 0 Å². The zero-order chi connectivity index (χ0) is 20.9. The molecule has 1 saturated heterocycles. The van der Waals surface area contributed by atoms with Gasteiger partial charge in [0.2, 0.25) is 0 Å². The monoisotopic (exact) mass is 460 g/mol. The molecular weight excluding hydrogens is 432 g/mol. The maximum atomic E-state index is 12.6. The molecule has 1 aliphatic heterocycles. The van der Waals surface area contributed by atoms with Gasteiger partial charge in [-0.2, -0.15) is 0 Å². The van der Waals surface area contributed by atoms with Crippen LogP contribution in [0, 0.1) is 0 Å². The first-order valence-corrected chi connectivity index (χ1v) is 11.2. The lowest BCUT2D eigenvalue weighted by Crippen LogP contribution is -2.56. The largest absolute Gasteiger partial charge is 0.349 e. The van der Waals surface area contributed by atoms with Gasteiger partial charge >= 0.3 is 6.03 Å². The smallest absolute Gasteiger partial charge is 0.317 e. The molecule has 1 fully saturated rings. The minimum atomic E-state index is 0.00960. The van der Waals surface area contributed by atoms with E-state index in [1.165, 1.54) is 16.5 Å². The Hall–Kier alpha value is -1.86. The highest BCUT2D eigenvalue weighted by Crippen LogP contribution is 2.45. The quantitative estimate of drug-likeness (QED) is 0.679. The number of urea groups is 1. The van der Waals surface area contributed by atoms with Crippen molar-refractivity contribution in [3.63, 3.8) is 0 Å². The van der Waals surface area contributed by atoms with Gasteiger partial charge < -0.3 is 20.1 Å². The number of nitrogens with one attached hydrogen (secondary N) is 2. The van der Waals surface area contributed by atoms with Gasteiger partial charge in [-0.3, -0.25) is 4.79 Å². The number of H-pyrrole nitrogens is 1. The number of carbonyl (C=O) groups is 2. The number of halogens is 1. The van der Waals surface area contributed by atoms with Crippen molar-refractivity contribution >= 4 is 38.6 Å². The molecular formula is C22H29BrN4O2. The molecule has 6 nitrogen and oxygen atoms in total. The van der Waals surface area contributed by atoms with Crippen LogP contribution in [0.25, 0.3) is 10.9 Å². The molecule has 156 valence electrons. The van der Waals surface area contributed by atoms with Crippen LogP contribution < -0.4 is 5.32 Å². The molecule has 0 radical (unpaired) electrons. The summed E-state index contributed by atoms with van der Waals surface area (Å²) in [6.45, 7) is 7.87. The molecule has 2 amide bonds. The number of likely N-dealkylation sites (tertiary alicyclic amines) is 1. The summed E-state index contributed by atoms with van der Waals surface area (Å²) in [6, 6.07) is 4.50. The fourth-order valence-corrected chi connectivity index (χ4v) is 5.72. The SMILES string of the molecule is CCN(CC)C(=O)N[C@H]1C[C@@H]2c3cc(C(C)=O)cc4[nH]c(Br)c(c34)C[C@H]2N(C)C1. The molecule has 7 heteroatoms. The molecule has 0 unspecified atom stereocenters. The van der Waals surface area contributed by atoms with E-state index in [1.807, 2.05) is 24.8 Å². The molecule has 0 bridgehead atoms. The summed E-state index contributed by atoms with van der Waals surface area (Å²) in [5, 5.41) is 4.49. The van der Waals surface area contributed by atoms with Crippen LogP contribution in [-0.4, -0.2) is 65.4 Å². The van der Waals surface area contributed by atoms with Gasteiger partial charge in [-0.1, -0.05) is 0 Å². The zero-order valence-corrected chi connectivity index (χ0v) is 19.1. The Bertz CT molecular complexity index is 965. The third kappa shape index (κ3) is 3.48. The van der Waals surface area contributed by atoms with Crippen molar-refractivity contribution < 1.29 is 9.59 Å². The average Bonchev–Trinajstić information content (AvgIpc) is 2.99. The first kappa shape index (κ1) is 20.4. The lowest BCUT2D eigenvalue weighted by Gasteiger charge is -2.46. The van der Waals surface area contributed by atoms with Gasteiger partial charge in [0.05, 0.1) is 4.60 Å². The van der Waals surface area contributed by atoms with Gasteiger partial charge in [0, 0.05) is 54.1 Å². The van der Waals surface area contributed by atoms with Crippen LogP contribution in [-0.2, 0) is 6.42 Å². The number of hydrogen-bond donors (Lipinski definition) is 2. The predicted molar refractivity (Wildman–Crippen MR) is 119 cm³/mol.